The minimum atomic E-state index is -0.727. The summed E-state index contributed by atoms with van der Waals surface area (Å²) in [4.78, 5) is 22.7. The van der Waals surface area contributed by atoms with Gasteiger partial charge in [0.05, 0.1) is 12.5 Å². The molecule has 0 unspecified atom stereocenters. The van der Waals surface area contributed by atoms with Crippen molar-refractivity contribution in [2.45, 2.75) is 12.5 Å². The number of hydrogen-bond acceptors (Lipinski definition) is 5. The predicted octanol–water partition coefficient (Wildman–Crippen LogP) is 0.938. The highest BCUT2D eigenvalue weighted by Gasteiger charge is 2.44. The first-order chi connectivity index (χ1) is 9.15. The van der Waals surface area contributed by atoms with Crippen LogP contribution in [0, 0.1) is 11.8 Å². The summed E-state index contributed by atoms with van der Waals surface area (Å²) >= 11 is 0. The molecule has 1 heterocycles. The molecule has 3 atom stereocenters. The molecule has 0 aliphatic carbocycles. The molecule has 1 fully saturated rings. The summed E-state index contributed by atoms with van der Waals surface area (Å²) in [6.45, 7) is 0.303. The van der Waals surface area contributed by atoms with E-state index >= 15 is 0 Å². The van der Waals surface area contributed by atoms with Crippen molar-refractivity contribution >= 4 is 12.3 Å². The van der Waals surface area contributed by atoms with E-state index in [4.69, 9.17) is 9.47 Å². The van der Waals surface area contributed by atoms with Crippen LogP contribution in [0.1, 0.15) is 5.56 Å². The molecule has 0 spiro atoms. The Hall–Kier alpha value is -1.88. The summed E-state index contributed by atoms with van der Waals surface area (Å²) in [5.74, 6) is -0.840. The highest BCUT2D eigenvalue weighted by Crippen LogP contribution is 2.31. The number of phenols is 1. The van der Waals surface area contributed by atoms with Crippen LogP contribution in [0.3, 0.4) is 0 Å². The van der Waals surface area contributed by atoms with Crippen molar-refractivity contribution in [2.75, 3.05) is 13.7 Å². The van der Waals surface area contributed by atoms with Crippen molar-refractivity contribution in [3.05, 3.63) is 29.8 Å². The van der Waals surface area contributed by atoms with Crippen molar-refractivity contribution in [3.63, 3.8) is 0 Å². The number of esters is 1. The topological polar surface area (TPSA) is 72.8 Å². The smallest absolute Gasteiger partial charge is 0.310 e. The van der Waals surface area contributed by atoms with E-state index in [9.17, 15) is 14.7 Å². The molecule has 0 radical (unpaired) electrons. The third-order valence-corrected chi connectivity index (χ3v) is 3.38. The average molecular weight is 264 g/mol. The second kappa shape index (κ2) is 5.84. The van der Waals surface area contributed by atoms with E-state index in [1.807, 2.05) is 0 Å². The van der Waals surface area contributed by atoms with Gasteiger partial charge in [-0.1, -0.05) is 12.1 Å². The van der Waals surface area contributed by atoms with Gasteiger partial charge in [-0.15, -0.1) is 0 Å². The molecule has 102 valence electrons. The van der Waals surface area contributed by atoms with E-state index in [1.165, 1.54) is 7.11 Å². The van der Waals surface area contributed by atoms with Gasteiger partial charge in [0.2, 0.25) is 0 Å². The summed E-state index contributed by atoms with van der Waals surface area (Å²) in [6, 6.07) is 6.64. The molecule has 1 N–H and O–H groups in total. The Morgan fingerprint density at radius 3 is 2.63 bits per heavy atom. The van der Waals surface area contributed by atoms with Gasteiger partial charge in [-0.05, 0) is 24.1 Å². The number of aromatic hydroxyl groups is 1. The van der Waals surface area contributed by atoms with Crippen LogP contribution in [0.4, 0.5) is 0 Å². The number of hydrogen-bond donors (Lipinski definition) is 1. The average Bonchev–Trinajstić information content (AvgIpc) is 2.70. The quantitative estimate of drug-likeness (QED) is 0.633. The van der Waals surface area contributed by atoms with Crippen molar-refractivity contribution in [3.8, 4) is 5.75 Å². The first kappa shape index (κ1) is 13.5. The highest BCUT2D eigenvalue weighted by molar-refractivity contribution is 5.80. The number of benzene rings is 1. The fourth-order valence-corrected chi connectivity index (χ4v) is 2.37. The van der Waals surface area contributed by atoms with E-state index in [0.29, 0.717) is 19.3 Å². The molecule has 5 nitrogen and oxygen atoms in total. The molecule has 0 amide bonds. The second-order valence-corrected chi connectivity index (χ2v) is 4.63. The lowest BCUT2D eigenvalue weighted by atomic mass is 9.86. The maximum Gasteiger partial charge on any atom is 0.310 e. The van der Waals surface area contributed by atoms with Crippen LogP contribution in [0.5, 0.6) is 5.75 Å². The van der Waals surface area contributed by atoms with Crippen LogP contribution in [0.25, 0.3) is 0 Å². The monoisotopic (exact) mass is 264 g/mol. The lowest BCUT2D eigenvalue weighted by Gasteiger charge is -2.16. The maximum atomic E-state index is 11.8. The first-order valence-electron chi connectivity index (χ1n) is 6.08. The maximum absolute atomic E-state index is 11.8. The molecule has 0 bridgehead atoms. The molecule has 1 aliphatic heterocycles. The zero-order valence-corrected chi connectivity index (χ0v) is 10.6. The molecule has 0 saturated carbocycles. The molecule has 1 saturated heterocycles. The van der Waals surface area contributed by atoms with Gasteiger partial charge in [-0.2, -0.15) is 0 Å². The van der Waals surface area contributed by atoms with E-state index < -0.39 is 6.10 Å². The third kappa shape index (κ3) is 2.93. The van der Waals surface area contributed by atoms with Gasteiger partial charge in [0.1, 0.15) is 5.75 Å². The third-order valence-electron chi connectivity index (χ3n) is 3.38. The summed E-state index contributed by atoms with van der Waals surface area (Å²) in [5.41, 5.74) is 0.910. The van der Waals surface area contributed by atoms with Crippen LogP contribution in [0.2, 0.25) is 0 Å². The van der Waals surface area contributed by atoms with Crippen LogP contribution < -0.4 is 0 Å². The Kier molecular flexibility index (Phi) is 4.16. The van der Waals surface area contributed by atoms with Gasteiger partial charge >= 0.3 is 5.97 Å². The lowest BCUT2D eigenvalue weighted by Crippen LogP contribution is -2.27. The lowest BCUT2D eigenvalue weighted by molar-refractivity contribution is -0.146. The minimum Gasteiger partial charge on any atom is -0.508 e. The molecule has 5 heteroatoms. The number of carbonyl (C=O) groups is 2. The molecule has 1 aliphatic rings. The van der Waals surface area contributed by atoms with Gasteiger partial charge in [0.25, 0.3) is 0 Å². The fourth-order valence-electron chi connectivity index (χ4n) is 2.37. The number of aldehydes is 1. The van der Waals surface area contributed by atoms with Gasteiger partial charge < -0.3 is 14.6 Å². The van der Waals surface area contributed by atoms with E-state index in [-0.39, 0.29) is 23.6 Å². The number of ether oxygens (including phenoxy) is 2. The van der Waals surface area contributed by atoms with Crippen LogP contribution in [-0.2, 0) is 25.5 Å². The number of phenolic OH excluding ortho intramolecular Hbond substituents is 1. The molecule has 0 aromatic heterocycles. The summed E-state index contributed by atoms with van der Waals surface area (Å²) in [7, 11) is 1.53. The van der Waals surface area contributed by atoms with Gasteiger partial charge in [-0.3, -0.25) is 9.59 Å². The molecule has 2 rings (SSSR count). The number of rotatable bonds is 5. The first-order valence-corrected chi connectivity index (χ1v) is 6.08. The number of cyclic esters (lactones) is 1. The predicted molar refractivity (Wildman–Crippen MR) is 66.6 cm³/mol. The zero-order chi connectivity index (χ0) is 13.8. The minimum absolute atomic E-state index is 0.178. The van der Waals surface area contributed by atoms with Gasteiger partial charge in [-0.25, -0.2) is 0 Å². The number of methoxy groups -OCH3 is 1. The Morgan fingerprint density at radius 2 is 2.05 bits per heavy atom. The SMILES string of the molecule is COC[C@@H]1[C@H](C=O)OC(=O)[C@@H]1Cc1ccc(O)cc1. The van der Waals surface area contributed by atoms with E-state index in [2.05, 4.69) is 0 Å². The van der Waals surface area contributed by atoms with Crippen LogP contribution in [-0.4, -0.2) is 37.2 Å². The summed E-state index contributed by atoms with van der Waals surface area (Å²) in [6.07, 6.45) is 0.394. The molecule has 1 aromatic rings. The standard InChI is InChI=1S/C14H16O5/c1-18-8-12-11(14(17)19-13(12)7-15)6-9-2-4-10(16)5-3-9/h2-5,7,11-13,16H,6,8H2,1H3/t11-,12+,13+/m1/s1. The normalized spacial score (nSPS) is 26.2. The Bertz CT molecular complexity index is 453. The van der Waals surface area contributed by atoms with Gasteiger partial charge in [0.15, 0.2) is 12.4 Å². The van der Waals surface area contributed by atoms with Crippen molar-refractivity contribution in [1.29, 1.82) is 0 Å². The molecule has 1 aromatic carbocycles. The Morgan fingerprint density at radius 1 is 1.37 bits per heavy atom. The summed E-state index contributed by atoms with van der Waals surface area (Å²) in [5, 5.41) is 9.23. The number of carbonyl (C=O) groups excluding carboxylic acids is 2. The second-order valence-electron chi connectivity index (χ2n) is 4.63. The Balaban J connectivity index is 2.14. The Labute approximate surface area is 111 Å². The summed E-state index contributed by atoms with van der Waals surface area (Å²) < 4.78 is 10.1. The molecular weight excluding hydrogens is 248 g/mol. The van der Waals surface area contributed by atoms with Crippen LogP contribution in [0.15, 0.2) is 24.3 Å². The zero-order valence-electron chi connectivity index (χ0n) is 10.6. The van der Waals surface area contributed by atoms with Crippen molar-refractivity contribution in [1.82, 2.24) is 0 Å². The fraction of sp³-hybridized carbons (Fsp3) is 0.429. The van der Waals surface area contributed by atoms with E-state index in [1.54, 1.807) is 24.3 Å². The van der Waals surface area contributed by atoms with E-state index in [0.717, 1.165) is 5.56 Å². The molecular formula is C14H16O5. The van der Waals surface area contributed by atoms with Gasteiger partial charge in [0, 0.05) is 13.0 Å². The molecule has 19 heavy (non-hydrogen) atoms. The van der Waals surface area contributed by atoms with Crippen molar-refractivity contribution < 1.29 is 24.2 Å². The van der Waals surface area contributed by atoms with Crippen molar-refractivity contribution in [2.24, 2.45) is 11.8 Å². The largest absolute Gasteiger partial charge is 0.508 e. The highest BCUT2D eigenvalue weighted by atomic mass is 16.6. The van der Waals surface area contributed by atoms with Crippen LogP contribution >= 0.6 is 0 Å².